The second kappa shape index (κ2) is 6.71. The van der Waals surface area contributed by atoms with E-state index in [-0.39, 0.29) is 11.4 Å². The highest BCUT2D eigenvalue weighted by Gasteiger charge is 2.18. The summed E-state index contributed by atoms with van der Waals surface area (Å²) in [6.45, 7) is 0. The van der Waals surface area contributed by atoms with Gasteiger partial charge in [0.25, 0.3) is 0 Å². The van der Waals surface area contributed by atoms with Crippen LogP contribution in [-0.2, 0) is 0 Å². The van der Waals surface area contributed by atoms with Crippen LogP contribution in [0.1, 0.15) is 10.5 Å². The highest BCUT2D eigenvalue weighted by molar-refractivity contribution is 7.99. The molecule has 0 saturated heterocycles. The van der Waals surface area contributed by atoms with Crippen molar-refractivity contribution in [2.24, 2.45) is 0 Å². The van der Waals surface area contributed by atoms with Crippen LogP contribution >= 0.6 is 11.8 Å². The molecule has 0 spiro atoms. The van der Waals surface area contributed by atoms with Crippen molar-refractivity contribution < 1.29 is 19.0 Å². The Bertz CT molecular complexity index is 881. The van der Waals surface area contributed by atoms with Crippen LogP contribution in [0.15, 0.2) is 58.6 Å². The van der Waals surface area contributed by atoms with Gasteiger partial charge in [-0.15, -0.1) is 0 Å². The summed E-state index contributed by atoms with van der Waals surface area (Å²) in [6, 6.07) is 11.6. The number of pyridine rings is 1. The van der Waals surface area contributed by atoms with Crippen LogP contribution in [0.25, 0.3) is 5.69 Å². The molecule has 0 radical (unpaired) electrons. The molecule has 122 valence electrons. The first-order valence-electron chi connectivity index (χ1n) is 6.84. The fourth-order valence-electron chi connectivity index (χ4n) is 2.01. The maximum Gasteiger partial charge on any atom is 0.356 e. The molecule has 1 N–H and O–H groups in total. The lowest BCUT2D eigenvalue weighted by atomic mass is 10.3. The molecule has 0 saturated carbocycles. The monoisotopic (exact) mass is 345 g/mol. The summed E-state index contributed by atoms with van der Waals surface area (Å²) >= 11 is 1.26. The molecule has 1 aromatic carbocycles. The van der Waals surface area contributed by atoms with Crippen LogP contribution in [-0.4, -0.2) is 33.0 Å². The lowest BCUT2D eigenvalue weighted by Crippen LogP contribution is -2.04. The smallest absolute Gasteiger partial charge is 0.356 e. The zero-order valence-corrected chi connectivity index (χ0v) is 13.3. The van der Waals surface area contributed by atoms with Crippen molar-refractivity contribution in [3.05, 3.63) is 60.3 Å². The summed E-state index contributed by atoms with van der Waals surface area (Å²) in [7, 11) is 1.57. The number of carbonyl (C=O) groups is 1. The van der Waals surface area contributed by atoms with E-state index in [4.69, 9.17) is 9.84 Å². The van der Waals surface area contributed by atoms with E-state index < -0.39 is 11.9 Å². The van der Waals surface area contributed by atoms with Crippen LogP contribution in [0.4, 0.5) is 4.39 Å². The third-order valence-electron chi connectivity index (χ3n) is 3.15. The molecule has 8 heteroatoms. The minimum Gasteiger partial charge on any atom is -0.497 e. The fourth-order valence-corrected chi connectivity index (χ4v) is 2.92. The number of carboxylic acids is 1. The zero-order valence-electron chi connectivity index (χ0n) is 12.5. The Labute approximate surface area is 140 Å². The van der Waals surface area contributed by atoms with Crippen molar-refractivity contribution in [1.29, 1.82) is 0 Å². The van der Waals surface area contributed by atoms with Gasteiger partial charge in [-0.05, 0) is 36.4 Å². The van der Waals surface area contributed by atoms with Gasteiger partial charge in [0, 0.05) is 17.2 Å². The highest BCUT2D eigenvalue weighted by atomic mass is 32.2. The predicted molar refractivity (Wildman–Crippen MR) is 85.4 cm³/mol. The number of hydrogen-bond acceptors (Lipinski definition) is 5. The Morgan fingerprint density at radius 2 is 2.04 bits per heavy atom. The van der Waals surface area contributed by atoms with Crippen molar-refractivity contribution in [2.45, 2.75) is 9.92 Å². The molecule has 0 bridgehead atoms. The Kier molecular flexibility index (Phi) is 4.48. The third kappa shape index (κ3) is 3.23. The number of benzene rings is 1. The summed E-state index contributed by atoms with van der Waals surface area (Å²) in [6.07, 6.45) is 1.32. The number of hydrogen-bond donors (Lipinski definition) is 1. The molecule has 0 atom stereocenters. The molecule has 3 rings (SSSR count). The topological polar surface area (TPSA) is 77.2 Å². The van der Waals surface area contributed by atoms with E-state index in [1.807, 2.05) is 12.1 Å². The molecule has 0 fully saturated rings. The van der Waals surface area contributed by atoms with Crippen molar-refractivity contribution in [3.8, 4) is 11.4 Å². The van der Waals surface area contributed by atoms with Gasteiger partial charge < -0.3 is 9.84 Å². The first kappa shape index (κ1) is 16.0. The number of carboxylic acid groups (broad SMARTS) is 1. The number of aromatic carboxylic acids is 1. The van der Waals surface area contributed by atoms with E-state index in [2.05, 4.69) is 10.1 Å². The molecule has 6 nitrogen and oxygen atoms in total. The maximum atomic E-state index is 14.0. The second-order valence-corrected chi connectivity index (χ2v) is 5.77. The van der Waals surface area contributed by atoms with Gasteiger partial charge in [-0.1, -0.05) is 11.8 Å². The fraction of sp³-hybridized carbons (Fsp3) is 0.0625. The molecular weight excluding hydrogens is 333 g/mol. The Hall–Kier alpha value is -2.87. The molecule has 0 aliphatic carbocycles. The van der Waals surface area contributed by atoms with Crippen LogP contribution < -0.4 is 4.74 Å². The molecular formula is C16H12FN3O3S. The molecule has 3 aromatic rings. The SMILES string of the molecule is COc1ccc(Sc2cc(C(=O)O)nn2-c2cccnc2F)cc1. The van der Waals surface area contributed by atoms with Gasteiger partial charge in [-0.2, -0.15) is 9.49 Å². The Balaban J connectivity index is 2.02. The zero-order chi connectivity index (χ0) is 17.1. The van der Waals surface area contributed by atoms with Crippen molar-refractivity contribution in [1.82, 2.24) is 14.8 Å². The van der Waals surface area contributed by atoms with E-state index in [9.17, 15) is 9.18 Å². The Morgan fingerprint density at radius 3 is 2.67 bits per heavy atom. The van der Waals surface area contributed by atoms with E-state index in [1.54, 1.807) is 25.3 Å². The van der Waals surface area contributed by atoms with E-state index in [1.165, 1.54) is 34.8 Å². The number of halogens is 1. The van der Waals surface area contributed by atoms with Gasteiger partial charge in [0.2, 0.25) is 5.95 Å². The van der Waals surface area contributed by atoms with Gasteiger partial charge in [0.15, 0.2) is 5.69 Å². The van der Waals surface area contributed by atoms with Crippen molar-refractivity contribution >= 4 is 17.7 Å². The van der Waals surface area contributed by atoms with Crippen LogP contribution in [0.2, 0.25) is 0 Å². The molecule has 24 heavy (non-hydrogen) atoms. The van der Waals surface area contributed by atoms with Gasteiger partial charge >= 0.3 is 5.97 Å². The highest BCUT2D eigenvalue weighted by Crippen LogP contribution is 2.31. The first-order valence-corrected chi connectivity index (χ1v) is 7.66. The lowest BCUT2D eigenvalue weighted by Gasteiger charge is -2.07. The van der Waals surface area contributed by atoms with Gasteiger partial charge in [-0.25, -0.2) is 14.5 Å². The predicted octanol–water partition coefficient (Wildman–Crippen LogP) is 3.26. The van der Waals surface area contributed by atoms with Crippen LogP contribution in [0, 0.1) is 5.95 Å². The summed E-state index contributed by atoms with van der Waals surface area (Å²) in [5.41, 5.74) is -0.0877. The number of aromatic nitrogens is 3. The molecule has 2 heterocycles. The first-order chi connectivity index (χ1) is 11.6. The minimum absolute atomic E-state index is 0.0843. The summed E-state index contributed by atoms with van der Waals surface area (Å²) < 4.78 is 20.3. The molecule has 0 amide bonds. The number of ether oxygens (including phenoxy) is 1. The molecule has 0 aliphatic rings. The second-order valence-electron chi connectivity index (χ2n) is 4.68. The minimum atomic E-state index is -1.19. The standard InChI is InChI=1S/C16H12FN3O3S/c1-23-10-4-6-11(7-5-10)24-14-9-12(16(21)22)19-20(14)13-3-2-8-18-15(13)17/h2-9H,1H3,(H,21,22). The summed E-state index contributed by atoms with van der Waals surface area (Å²) in [5.74, 6) is -1.21. The normalized spacial score (nSPS) is 10.6. The van der Waals surface area contributed by atoms with Gasteiger partial charge in [0.1, 0.15) is 16.5 Å². The van der Waals surface area contributed by atoms with Gasteiger partial charge in [-0.3, -0.25) is 0 Å². The number of methoxy groups -OCH3 is 1. The van der Waals surface area contributed by atoms with E-state index in [0.717, 1.165) is 4.90 Å². The van der Waals surface area contributed by atoms with Crippen molar-refractivity contribution in [2.75, 3.05) is 7.11 Å². The van der Waals surface area contributed by atoms with Crippen LogP contribution in [0.3, 0.4) is 0 Å². The summed E-state index contributed by atoms with van der Waals surface area (Å²) in [4.78, 5) is 15.6. The van der Waals surface area contributed by atoms with Crippen molar-refractivity contribution in [3.63, 3.8) is 0 Å². The average Bonchev–Trinajstić information content (AvgIpc) is 3.00. The van der Waals surface area contributed by atoms with E-state index >= 15 is 0 Å². The molecule has 2 aromatic heterocycles. The molecule has 0 unspecified atom stereocenters. The number of nitrogens with zero attached hydrogens (tertiary/aromatic N) is 3. The van der Waals surface area contributed by atoms with Gasteiger partial charge in [0.05, 0.1) is 7.11 Å². The summed E-state index contributed by atoms with van der Waals surface area (Å²) in [5, 5.41) is 13.6. The largest absolute Gasteiger partial charge is 0.497 e. The molecule has 0 aliphatic heterocycles. The lowest BCUT2D eigenvalue weighted by molar-refractivity contribution is 0.0690. The van der Waals surface area contributed by atoms with Crippen LogP contribution in [0.5, 0.6) is 5.75 Å². The quantitative estimate of drug-likeness (QED) is 0.715. The maximum absolute atomic E-state index is 14.0. The average molecular weight is 345 g/mol. The number of rotatable bonds is 5. The third-order valence-corrected chi connectivity index (χ3v) is 4.15. The Morgan fingerprint density at radius 1 is 1.29 bits per heavy atom. The van der Waals surface area contributed by atoms with E-state index in [0.29, 0.717) is 10.8 Å².